The number of ether oxygens (including phenoxy) is 1. The number of benzene rings is 1. The summed E-state index contributed by atoms with van der Waals surface area (Å²) in [4.78, 5) is 16.8. The molecule has 0 atom stereocenters. The Bertz CT molecular complexity index is 691. The van der Waals surface area contributed by atoms with Crippen LogP contribution >= 0.6 is 0 Å². The molecule has 1 aliphatic rings. The minimum atomic E-state index is 0.0375. The van der Waals surface area contributed by atoms with Gasteiger partial charge in [0.25, 0.3) is 5.91 Å². The van der Waals surface area contributed by atoms with E-state index in [1.165, 1.54) is 0 Å². The Morgan fingerprint density at radius 1 is 1.16 bits per heavy atom. The lowest BCUT2D eigenvalue weighted by molar-refractivity contribution is 0.0614. The molecule has 0 bridgehead atoms. The highest BCUT2D eigenvalue weighted by Gasteiger charge is 2.24. The van der Waals surface area contributed by atoms with Gasteiger partial charge in [0, 0.05) is 45.0 Å². The van der Waals surface area contributed by atoms with E-state index >= 15 is 0 Å². The van der Waals surface area contributed by atoms with Gasteiger partial charge < -0.3 is 9.64 Å². The SMILES string of the molecule is CCn1nc(C(=O)N2CCN(CCOc3ccccc3)CC2)cc1C. The van der Waals surface area contributed by atoms with Gasteiger partial charge in [-0.15, -0.1) is 0 Å². The van der Waals surface area contributed by atoms with E-state index in [1.54, 1.807) is 0 Å². The Hall–Kier alpha value is -2.34. The Kier molecular flexibility index (Phi) is 5.71. The van der Waals surface area contributed by atoms with Crippen molar-refractivity contribution in [1.29, 1.82) is 0 Å². The van der Waals surface area contributed by atoms with Gasteiger partial charge in [0.1, 0.15) is 12.4 Å². The first kappa shape index (κ1) is 17.5. The van der Waals surface area contributed by atoms with Gasteiger partial charge in [0.15, 0.2) is 5.69 Å². The molecule has 1 aliphatic heterocycles. The van der Waals surface area contributed by atoms with Crippen LogP contribution in [-0.4, -0.2) is 64.8 Å². The number of piperazine rings is 1. The molecule has 0 radical (unpaired) electrons. The zero-order valence-corrected chi connectivity index (χ0v) is 15.0. The summed E-state index contributed by atoms with van der Waals surface area (Å²) in [5, 5.41) is 4.40. The molecule has 134 valence electrons. The van der Waals surface area contributed by atoms with Gasteiger partial charge in [-0.25, -0.2) is 0 Å². The molecular weight excluding hydrogens is 316 g/mol. The van der Waals surface area contributed by atoms with Crippen molar-refractivity contribution in [3.8, 4) is 5.75 Å². The fraction of sp³-hybridized carbons (Fsp3) is 0.474. The van der Waals surface area contributed by atoms with Crippen molar-refractivity contribution in [2.24, 2.45) is 0 Å². The third kappa shape index (κ3) is 4.39. The maximum absolute atomic E-state index is 12.6. The number of carbonyl (C=O) groups excluding carboxylic acids is 1. The highest BCUT2D eigenvalue weighted by Crippen LogP contribution is 2.11. The molecule has 0 spiro atoms. The second-order valence-corrected chi connectivity index (χ2v) is 6.28. The van der Waals surface area contributed by atoms with Gasteiger partial charge in [0.2, 0.25) is 0 Å². The Labute approximate surface area is 149 Å². The van der Waals surface area contributed by atoms with E-state index in [1.807, 2.05) is 59.8 Å². The fourth-order valence-electron chi connectivity index (χ4n) is 3.08. The van der Waals surface area contributed by atoms with Gasteiger partial charge in [0.05, 0.1) is 0 Å². The van der Waals surface area contributed by atoms with Crippen molar-refractivity contribution >= 4 is 5.91 Å². The van der Waals surface area contributed by atoms with E-state index in [0.717, 1.165) is 50.7 Å². The van der Waals surface area contributed by atoms with Gasteiger partial charge >= 0.3 is 0 Å². The molecule has 3 rings (SSSR count). The minimum Gasteiger partial charge on any atom is -0.492 e. The average Bonchev–Trinajstić information content (AvgIpc) is 3.03. The predicted molar refractivity (Wildman–Crippen MR) is 96.9 cm³/mol. The van der Waals surface area contributed by atoms with Crippen molar-refractivity contribution in [2.75, 3.05) is 39.3 Å². The second-order valence-electron chi connectivity index (χ2n) is 6.28. The number of carbonyl (C=O) groups is 1. The van der Waals surface area contributed by atoms with Crippen LogP contribution < -0.4 is 4.74 Å². The van der Waals surface area contributed by atoms with Crippen LogP contribution in [0.1, 0.15) is 23.1 Å². The van der Waals surface area contributed by atoms with E-state index in [4.69, 9.17) is 4.74 Å². The topological polar surface area (TPSA) is 50.6 Å². The van der Waals surface area contributed by atoms with Crippen LogP contribution in [0.5, 0.6) is 5.75 Å². The molecule has 1 saturated heterocycles. The highest BCUT2D eigenvalue weighted by atomic mass is 16.5. The number of rotatable bonds is 6. The maximum atomic E-state index is 12.6. The number of nitrogens with zero attached hydrogens (tertiary/aromatic N) is 4. The first-order valence-corrected chi connectivity index (χ1v) is 8.91. The zero-order valence-electron chi connectivity index (χ0n) is 15.0. The number of para-hydroxylation sites is 1. The van der Waals surface area contributed by atoms with Crippen LogP contribution in [0.2, 0.25) is 0 Å². The van der Waals surface area contributed by atoms with Crippen molar-refractivity contribution < 1.29 is 9.53 Å². The van der Waals surface area contributed by atoms with Crippen molar-refractivity contribution in [3.63, 3.8) is 0 Å². The van der Waals surface area contributed by atoms with E-state index in [-0.39, 0.29) is 5.91 Å². The van der Waals surface area contributed by atoms with E-state index in [9.17, 15) is 4.79 Å². The maximum Gasteiger partial charge on any atom is 0.274 e. The summed E-state index contributed by atoms with van der Waals surface area (Å²) in [5.41, 5.74) is 1.59. The molecule has 1 aromatic heterocycles. The summed E-state index contributed by atoms with van der Waals surface area (Å²) >= 11 is 0. The number of aromatic nitrogens is 2. The molecular formula is C19H26N4O2. The Balaban J connectivity index is 1.44. The van der Waals surface area contributed by atoms with Crippen LogP contribution in [0, 0.1) is 6.92 Å². The van der Waals surface area contributed by atoms with Gasteiger partial charge in [-0.2, -0.15) is 5.10 Å². The fourth-order valence-corrected chi connectivity index (χ4v) is 3.08. The molecule has 6 nitrogen and oxygen atoms in total. The molecule has 25 heavy (non-hydrogen) atoms. The largest absolute Gasteiger partial charge is 0.492 e. The quantitative estimate of drug-likeness (QED) is 0.806. The predicted octanol–water partition coefficient (Wildman–Crippen LogP) is 2.05. The number of hydrogen-bond donors (Lipinski definition) is 0. The lowest BCUT2D eigenvalue weighted by Crippen LogP contribution is -2.49. The molecule has 1 aromatic carbocycles. The first-order valence-electron chi connectivity index (χ1n) is 8.91. The van der Waals surface area contributed by atoms with Crippen molar-refractivity contribution in [3.05, 3.63) is 47.8 Å². The molecule has 6 heteroatoms. The summed E-state index contributed by atoms with van der Waals surface area (Å²) in [6.07, 6.45) is 0. The third-order valence-corrected chi connectivity index (χ3v) is 4.58. The molecule has 1 fully saturated rings. The Morgan fingerprint density at radius 3 is 2.52 bits per heavy atom. The van der Waals surface area contributed by atoms with Crippen LogP contribution in [-0.2, 0) is 6.54 Å². The Morgan fingerprint density at radius 2 is 1.88 bits per heavy atom. The molecule has 2 heterocycles. The summed E-state index contributed by atoms with van der Waals surface area (Å²) in [5.74, 6) is 0.939. The van der Waals surface area contributed by atoms with Crippen LogP contribution in [0.25, 0.3) is 0 Å². The molecule has 2 aromatic rings. The van der Waals surface area contributed by atoms with Gasteiger partial charge in [-0.05, 0) is 32.0 Å². The summed E-state index contributed by atoms with van der Waals surface area (Å²) in [7, 11) is 0. The first-order chi connectivity index (χ1) is 12.2. The van der Waals surface area contributed by atoms with E-state index < -0.39 is 0 Å². The lowest BCUT2D eigenvalue weighted by atomic mass is 10.2. The molecule has 0 aliphatic carbocycles. The normalized spacial score (nSPS) is 15.4. The van der Waals surface area contributed by atoms with Crippen molar-refractivity contribution in [2.45, 2.75) is 20.4 Å². The van der Waals surface area contributed by atoms with Crippen LogP contribution in [0.3, 0.4) is 0 Å². The summed E-state index contributed by atoms with van der Waals surface area (Å²) in [6, 6.07) is 11.7. The number of amides is 1. The zero-order chi connectivity index (χ0) is 17.6. The minimum absolute atomic E-state index is 0.0375. The monoisotopic (exact) mass is 342 g/mol. The smallest absolute Gasteiger partial charge is 0.274 e. The molecule has 0 N–H and O–H groups in total. The number of hydrogen-bond acceptors (Lipinski definition) is 4. The van der Waals surface area contributed by atoms with E-state index in [0.29, 0.717) is 12.3 Å². The standard InChI is InChI=1S/C19H26N4O2/c1-3-23-16(2)15-18(20-23)19(24)22-11-9-21(10-12-22)13-14-25-17-7-5-4-6-8-17/h4-8,15H,3,9-14H2,1-2H3. The third-order valence-electron chi connectivity index (χ3n) is 4.58. The molecule has 0 unspecified atom stereocenters. The van der Waals surface area contributed by atoms with Crippen LogP contribution in [0.4, 0.5) is 0 Å². The highest BCUT2D eigenvalue weighted by molar-refractivity contribution is 5.92. The molecule has 0 saturated carbocycles. The second kappa shape index (κ2) is 8.16. The van der Waals surface area contributed by atoms with Gasteiger partial charge in [-0.3, -0.25) is 14.4 Å². The van der Waals surface area contributed by atoms with Crippen LogP contribution in [0.15, 0.2) is 36.4 Å². The van der Waals surface area contributed by atoms with Gasteiger partial charge in [-0.1, -0.05) is 18.2 Å². The summed E-state index contributed by atoms with van der Waals surface area (Å²) in [6.45, 7) is 9.56. The van der Waals surface area contributed by atoms with E-state index in [2.05, 4.69) is 10.00 Å². The lowest BCUT2D eigenvalue weighted by Gasteiger charge is -2.34. The molecule has 1 amide bonds. The number of aryl methyl sites for hydroxylation is 2. The average molecular weight is 342 g/mol. The summed E-state index contributed by atoms with van der Waals surface area (Å²) < 4.78 is 7.61. The van der Waals surface area contributed by atoms with Crippen molar-refractivity contribution in [1.82, 2.24) is 19.6 Å².